The summed E-state index contributed by atoms with van der Waals surface area (Å²) in [5.74, 6) is -0.346. The van der Waals surface area contributed by atoms with Crippen LogP contribution < -0.4 is 5.32 Å². The fourth-order valence-corrected chi connectivity index (χ4v) is 3.27. The van der Waals surface area contributed by atoms with Gasteiger partial charge in [0, 0.05) is 24.3 Å². The zero-order chi connectivity index (χ0) is 17.1. The number of nitrogens with zero attached hydrogens (tertiary/aromatic N) is 2. The van der Waals surface area contributed by atoms with Gasteiger partial charge in [0.25, 0.3) is 5.91 Å². The Kier molecular flexibility index (Phi) is 5.17. The molecule has 4 atom stereocenters. The third-order valence-corrected chi connectivity index (χ3v) is 4.65. The molecule has 9 heteroatoms. The Balaban J connectivity index is 1.64. The predicted molar refractivity (Wildman–Crippen MR) is 84.2 cm³/mol. The number of aliphatic hydroxyl groups is 3. The number of nitrogens with one attached hydrogen (secondary N) is 1. The van der Waals surface area contributed by atoms with Gasteiger partial charge in [-0.2, -0.15) is 0 Å². The molecule has 1 fully saturated rings. The third kappa shape index (κ3) is 3.45. The first-order valence-electron chi connectivity index (χ1n) is 7.35. The zero-order valence-corrected chi connectivity index (χ0v) is 13.4. The summed E-state index contributed by atoms with van der Waals surface area (Å²) >= 11 is 1.16. The van der Waals surface area contributed by atoms with E-state index in [-0.39, 0.29) is 11.6 Å². The Bertz CT molecular complexity index is 695. The first-order valence-corrected chi connectivity index (χ1v) is 8.23. The van der Waals surface area contributed by atoms with Gasteiger partial charge in [-0.15, -0.1) is 11.3 Å². The van der Waals surface area contributed by atoms with Gasteiger partial charge in [-0.05, 0) is 17.7 Å². The predicted octanol–water partition coefficient (Wildman–Crippen LogP) is -0.378. The summed E-state index contributed by atoms with van der Waals surface area (Å²) in [5.41, 5.74) is 1.12. The summed E-state index contributed by atoms with van der Waals surface area (Å²) in [5, 5.41) is 33.6. The molecular formula is C15H17N3O5S. The van der Waals surface area contributed by atoms with Crippen LogP contribution in [0.2, 0.25) is 0 Å². The normalized spacial score (nSPS) is 26.5. The number of pyridine rings is 1. The van der Waals surface area contributed by atoms with Crippen molar-refractivity contribution < 1.29 is 24.9 Å². The molecular weight excluding hydrogens is 334 g/mol. The van der Waals surface area contributed by atoms with Crippen molar-refractivity contribution >= 4 is 17.2 Å². The lowest BCUT2D eigenvalue weighted by atomic mass is 10.1. The molecule has 0 spiro atoms. The average Bonchev–Trinajstić information content (AvgIpc) is 3.20. The van der Waals surface area contributed by atoms with E-state index in [1.54, 1.807) is 29.9 Å². The molecule has 3 heterocycles. The molecule has 128 valence electrons. The van der Waals surface area contributed by atoms with Gasteiger partial charge in [-0.25, -0.2) is 4.98 Å². The van der Waals surface area contributed by atoms with E-state index in [4.69, 9.17) is 9.84 Å². The second-order valence-corrected chi connectivity index (χ2v) is 6.26. The molecule has 1 aliphatic heterocycles. The third-order valence-electron chi connectivity index (χ3n) is 3.74. The Morgan fingerprint density at radius 2 is 2.04 bits per heavy atom. The van der Waals surface area contributed by atoms with Crippen LogP contribution in [-0.2, 0) is 11.3 Å². The number of carbonyl (C=O) groups is 1. The van der Waals surface area contributed by atoms with Gasteiger partial charge in [0.15, 0.2) is 0 Å². The number of hydrogen-bond donors (Lipinski definition) is 4. The van der Waals surface area contributed by atoms with Crippen LogP contribution in [0.1, 0.15) is 27.2 Å². The van der Waals surface area contributed by atoms with Crippen LogP contribution in [0, 0.1) is 0 Å². The van der Waals surface area contributed by atoms with Gasteiger partial charge in [0.05, 0.1) is 6.61 Å². The Hall–Kier alpha value is -1.91. The van der Waals surface area contributed by atoms with Crippen molar-refractivity contribution in [2.75, 3.05) is 6.61 Å². The smallest absolute Gasteiger partial charge is 0.271 e. The lowest BCUT2D eigenvalue weighted by Gasteiger charge is -2.11. The molecule has 3 rings (SSSR count). The Morgan fingerprint density at radius 1 is 1.29 bits per heavy atom. The van der Waals surface area contributed by atoms with E-state index in [0.29, 0.717) is 11.6 Å². The minimum absolute atomic E-state index is 0.210. The SMILES string of the molecule is O=C(NCc1ccncc1)c1csc([C@@H]2O[C@H](CO)[C@@H](O)[C@H]2O)n1. The second kappa shape index (κ2) is 7.32. The van der Waals surface area contributed by atoms with Gasteiger partial charge < -0.3 is 25.4 Å². The van der Waals surface area contributed by atoms with Crippen LogP contribution in [0.5, 0.6) is 0 Å². The number of thiazole rings is 1. The zero-order valence-electron chi connectivity index (χ0n) is 12.6. The van der Waals surface area contributed by atoms with Crippen LogP contribution in [0.15, 0.2) is 29.9 Å². The first-order chi connectivity index (χ1) is 11.6. The molecule has 0 aliphatic carbocycles. The molecule has 4 N–H and O–H groups in total. The van der Waals surface area contributed by atoms with Crippen molar-refractivity contribution in [3.8, 4) is 0 Å². The van der Waals surface area contributed by atoms with Crippen LogP contribution in [-0.4, -0.2) is 56.1 Å². The minimum atomic E-state index is -1.19. The van der Waals surface area contributed by atoms with E-state index < -0.39 is 31.0 Å². The summed E-state index contributed by atoms with van der Waals surface area (Å²) < 4.78 is 5.40. The summed E-state index contributed by atoms with van der Waals surface area (Å²) in [6.45, 7) is -0.0541. The maximum Gasteiger partial charge on any atom is 0.271 e. The molecule has 8 nitrogen and oxygen atoms in total. The molecule has 0 unspecified atom stereocenters. The number of carbonyl (C=O) groups excluding carboxylic acids is 1. The van der Waals surface area contributed by atoms with Crippen LogP contribution in [0.25, 0.3) is 0 Å². The number of aromatic nitrogens is 2. The highest BCUT2D eigenvalue weighted by Crippen LogP contribution is 2.34. The van der Waals surface area contributed by atoms with E-state index in [0.717, 1.165) is 16.9 Å². The number of amides is 1. The van der Waals surface area contributed by atoms with Crippen molar-refractivity contribution in [3.63, 3.8) is 0 Å². The monoisotopic (exact) mass is 351 g/mol. The molecule has 0 saturated carbocycles. The van der Waals surface area contributed by atoms with E-state index in [9.17, 15) is 15.0 Å². The molecule has 24 heavy (non-hydrogen) atoms. The van der Waals surface area contributed by atoms with Crippen molar-refractivity contribution in [2.24, 2.45) is 0 Å². The highest BCUT2D eigenvalue weighted by molar-refractivity contribution is 7.09. The maximum atomic E-state index is 12.1. The Morgan fingerprint density at radius 3 is 2.71 bits per heavy atom. The van der Waals surface area contributed by atoms with Gasteiger partial charge in [-0.3, -0.25) is 9.78 Å². The molecule has 2 aromatic rings. The molecule has 1 aliphatic rings. The van der Waals surface area contributed by atoms with E-state index in [1.165, 1.54) is 0 Å². The molecule has 0 radical (unpaired) electrons. The summed E-state index contributed by atoms with van der Waals surface area (Å²) in [4.78, 5) is 20.2. The van der Waals surface area contributed by atoms with Crippen LogP contribution >= 0.6 is 11.3 Å². The molecule has 1 saturated heterocycles. The number of rotatable bonds is 5. The fraction of sp³-hybridized carbons (Fsp3) is 0.400. The van der Waals surface area contributed by atoms with Gasteiger partial charge in [-0.1, -0.05) is 0 Å². The standard InChI is InChI=1S/C15H17N3O5S/c19-6-10-11(20)12(21)13(23-10)15-18-9(7-24-15)14(22)17-5-8-1-3-16-4-2-8/h1-4,7,10-13,19-21H,5-6H2,(H,17,22)/t10-,11-,12-,13-/m1/s1. The van der Waals surface area contributed by atoms with E-state index in [1.807, 2.05) is 0 Å². The van der Waals surface area contributed by atoms with E-state index >= 15 is 0 Å². The van der Waals surface area contributed by atoms with Crippen LogP contribution in [0.3, 0.4) is 0 Å². The lowest BCUT2D eigenvalue weighted by Crippen LogP contribution is -2.32. The largest absolute Gasteiger partial charge is 0.394 e. The van der Waals surface area contributed by atoms with Crippen molar-refractivity contribution in [1.82, 2.24) is 15.3 Å². The first kappa shape index (κ1) is 16.9. The minimum Gasteiger partial charge on any atom is -0.394 e. The summed E-state index contributed by atoms with van der Waals surface area (Å²) in [6.07, 6.45) is -0.815. The van der Waals surface area contributed by atoms with Crippen molar-refractivity contribution in [1.29, 1.82) is 0 Å². The van der Waals surface area contributed by atoms with Crippen LogP contribution in [0.4, 0.5) is 0 Å². The quantitative estimate of drug-likeness (QED) is 0.579. The number of hydrogen-bond acceptors (Lipinski definition) is 8. The fourth-order valence-electron chi connectivity index (χ4n) is 2.40. The van der Waals surface area contributed by atoms with Crippen molar-refractivity contribution in [3.05, 3.63) is 46.2 Å². The topological polar surface area (TPSA) is 125 Å². The number of aliphatic hydroxyl groups excluding tert-OH is 3. The number of ether oxygens (including phenoxy) is 1. The van der Waals surface area contributed by atoms with E-state index in [2.05, 4.69) is 15.3 Å². The Labute approximate surface area is 141 Å². The molecule has 0 bridgehead atoms. The van der Waals surface area contributed by atoms with Crippen molar-refractivity contribution in [2.45, 2.75) is 31.0 Å². The average molecular weight is 351 g/mol. The lowest BCUT2D eigenvalue weighted by molar-refractivity contribution is -0.0228. The van der Waals surface area contributed by atoms with Gasteiger partial charge in [0.2, 0.25) is 0 Å². The molecule has 2 aromatic heterocycles. The highest BCUT2D eigenvalue weighted by atomic mass is 32.1. The summed E-state index contributed by atoms with van der Waals surface area (Å²) in [7, 11) is 0. The maximum absolute atomic E-state index is 12.1. The van der Waals surface area contributed by atoms with Gasteiger partial charge >= 0.3 is 0 Å². The molecule has 0 aromatic carbocycles. The highest BCUT2D eigenvalue weighted by Gasteiger charge is 2.44. The second-order valence-electron chi connectivity index (χ2n) is 5.37. The summed E-state index contributed by atoms with van der Waals surface area (Å²) in [6, 6.07) is 3.60. The van der Waals surface area contributed by atoms with Gasteiger partial charge in [0.1, 0.15) is 35.1 Å². The molecule has 1 amide bonds.